The van der Waals surface area contributed by atoms with Crippen LogP contribution in [0.5, 0.6) is 5.75 Å². The van der Waals surface area contributed by atoms with Gasteiger partial charge in [-0.2, -0.15) is 5.10 Å². The standard InChI is InChI=1S/C18H15F2N3O2/c1-25-14-5-2-12(3-6-14)8-17(23-11-21-10-22-23)18(24)15-7-4-13(19)9-16(15)20/h2-11,18,24H,1H3/b17-8+. The van der Waals surface area contributed by atoms with Crippen molar-refractivity contribution >= 4 is 11.8 Å². The van der Waals surface area contributed by atoms with Crippen LogP contribution in [0.2, 0.25) is 0 Å². The molecule has 1 unspecified atom stereocenters. The molecule has 0 bridgehead atoms. The maximum absolute atomic E-state index is 14.1. The monoisotopic (exact) mass is 343 g/mol. The summed E-state index contributed by atoms with van der Waals surface area (Å²) in [6.45, 7) is 0. The van der Waals surface area contributed by atoms with Crippen LogP contribution in [0.3, 0.4) is 0 Å². The van der Waals surface area contributed by atoms with E-state index in [9.17, 15) is 13.9 Å². The second kappa shape index (κ2) is 7.23. The van der Waals surface area contributed by atoms with Gasteiger partial charge in [-0.25, -0.2) is 18.4 Å². The number of ether oxygens (including phenoxy) is 1. The van der Waals surface area contributed by atoms with Gasteiger partial charge in [0.05, 0.1) is 12.8 Å². The van der Waals surface area contributed by atoms with E-state index >= 15 is 0 Å². The zero-order valence-corrected chi connectivity index (χ0v) is 13.3. The largest absolute Gasteiger partial charge is 0.497 e. The molecule has 1 N–H and O–H groups in total. The van der Waals surface area contributed by atoms with Gasteiger partial charge in [-0.3, -0.25) is 0 Å². The Balaban J connectivity index is 2.04. The second-order valence-electron chi connectivity index (χ2n) is 5.25. The van der Waals surface area contributed by atoms with Gasteiger partial charge in [0.25, 0.3) is 0 Å². The number of rotatable bonds is 5. The van der Waals surface area contributed by atoms with Crippen molar-refractivity contribution in [3.63, 3.8) is 0 Å². The first kappa shape index (κ1) is 16.8. The molecule has 7 heteroatoms. The van der Waals surface area contributed by atoms with Gasteiger partial charge in [-0.1, -0.05) is 18.2 Å². The van der Waals surface area contributed by atoms with E-state index in [1.807, 2.05) is 0 Å². The summed E-state index contributed by atoms with van der Waals surface area (Å²) in [5, 5.41) is 14.6. The number of aliphatic hydroxyl groups excluding tert-OH is 1. The molecule has 0 aliphatic rings. The highest BCUT2D eigenvalue weighted by Gasteiger charge is 2.20. The predicted octanol–water partition coefficient (Wildman–Crippen LogP) is 3.30. The molecule has 2 aromatic carbocycles. The highest BCUT2D eigenvalue weighted by atomic mass is 19.1. The SMILES string of the molecule is COc1ccc(/C=C(\C(O)c2ccc(F)cc2F)n2cncn2)cc1. The summed E-state index contributed by atoms with van der Waals surface area (Å²) in [5.74, 6) is -0.868. The Morgan fingerprint density at radius 1 is 1.20 bits per heavy atom. The van der Waals surface area contributed by atoms with Crippen molar-refractivity contribution in [2.24, 2.45) is 0 Å². The van der Waals surface area contributed by atoms with Crippen LogP contribution in [0.4, 0.5) is 8.78 Å². The molecule has 1 aromatic heterocycles. The lowest BCUT2D eigenvalue weighted by Gasteiger charge is -2.16. The average Bonchev–Trinajstić information content (AvgIpc) is 3.14. The molecule has 1 heterocycles. The summed E-state index contributed by atoms with van der Waals surface area (Å²) in [5.41, 5.74) is 0.956. The Morgan fingerprint density at radius 2 is 1.96 bits per heavy atom. The molecule has 3 aromatic rings. The third-order valence-corrected chi connectivity index (χ3v) is 3.65. The van der Waals surface area contributed by atoms with Crippen LogP contribution in [0, 0.1) is 11.6 Å². The first-order valence-electron chi connectivity index (χ1n) is 7.42. The van der Waals surface area contributed by atoms with E-state index in [1.165, 1.54) is 23.4 Å². The summed E-state index contributed by atoms with van der Waals surface area (Å²) in [6.07, 6.45) is 2.97. The normalized spacial score (nSPS) is 12.9. The molecule has 0 fully saturated rings. The molecule has 0 amide bonds. The van der Waals surface area contributed by atoms with Gasteiger partial charge >= 0.3 is 0 Å². The van der Waals surface area contributed by atoms with Gasteiger partial charge in [-0.15, -0.1) is 0 Å². The molecule has 0 radical (unpaired) electrons. The number of hydrogen-bond donors (Lipinski definition) is 1. The van der Waals surface area contributed by atoms with Crippen LogP contribution in [0.1, 0.15) is 17.2 Å². The van der Waals surface area contributed by atoms with Gasteiger partial charge in [0.1, 0.15) is 36.1 Å². The molecular weight excluding hydrogens is 328 g/mol. The van der Waals surface area contributed by atoms with E-state index in [4.69, 9.17) is 4.74 Å². The van der Waals surface area contributed by atoms with Crippen molar-refractivity contribution in [1.29, 1.82) is 0 Å². The fourth-order valence-corrected chi connectivity index (χ4v) is 2.37. The Hall–Kier alpha value is -3.06. The van der Waals surface area contributed by atoms with Gasteiger partial charge in [0.15, 0.2) is 0 Å². The van der Waals surface area contributed by atoms with Crippen LogP contribution in [-0.4, -0.2) is 27.0 Å². The minimum Gasteiger partial charge on any atom is -0.497 e. The first-order chi connectivity index (χ1) is 12.1. The lowest BCUT2D eigenvalue weighted by molar-refractivity contribution is 0.225. The Labute approximate surface area is 142 Å². The number of aromatic nitrogens is 3. The van der Waals surface area contributed by atoms with Crippen molar-refractivity contribution in [2.45, 2.75) is 6.10 Å². The Kier molecular flexibility index (Phi) is 4.85. The van der Waals surface area contributed by atoms with Gasteiger partial charge in [0.2, 0.25) is 0 Å². The minimum atomic E-state index is -1.36. The molecular formula is C18H15F2N3O2. The molecule has 25 heavy (non-hydrogen) atoms. The second-order valence-corrected chi connectivity index (χ2v) is 5.25. The zero-order chi connectivity index (χ0) is 17.8. The number of benzene rings is 2. The van der Waals surface area contributed by atoms with E-state index in [2.05, 4.69) is 10.1 Å². The van der Waals surface area contributed by atoms with Crippen molar-refractivity contribution in [3.8, 4) is 5.75 Å². The summed E-state index contributed by atoms with van der Waals surface area (Å²) in [7, 11) is 1.56. The van der Waals surface area contributed by atoms with Gasteiger partial charge < -0.3 is 9.84 Å². The van der Waals surface area contributed by atoms with Crippen LogP contribution in [-0.2, 0) is 0 Å². The maximum Gasteiger partial charge on any atom is 0.138 e. The molecule has 0 aliphatic heterocycles. The smallest absolute Gasteiger partial charge is 0.138 e. The predicted molar refractivity (Wildman–Crippen MR) is 88.5 cm³/mol. The third-order valence-electron chi connectivity index (χ3n) is 3.65. The van der Waals surface area contributed by atoms with Crippen molar-refractivity contribution in [1.82, 2.24) is 14.8 Å². The molecule has 0 saturated heterocycles. The Bertz CT molecular complexity index is 878. The summed E-state index contributed by atoms with van der Waals surface area (Å²) >= 11 is 0. The number of nitrogens with zero attached hydrogens (tertiary/aromatic N) is 3. The topological polar surface area (TPSA) is 60.2 Å². The number of halogens is 2. The molecule has 5 nitrogen and oxygen atoms in total. The summed E-state index contributed by atoms with van der Waals surface area (Å²) in [6, 6.07) is 10.1. The molecule has 0 saturated carbocycles. The van der Waals surface area contributed by atoms with Crippen molar-refractivity contribution in [3.05, 3.63) is 77.9 Å². The fraction of sp³-hybridized carbons (Fsp3) is 0.111. The van der Waals surface area contributed by atoms with E-state index in [-0.39, 0.29) is 11.3 Å². The molecule has 3 rings (SSSR count). The van der Waals surface area contributed by atoms with E-state index in [0.717, 1.165) is 17.7 Å². The van der Waals surface area contributed by atoms with E-state index < -0.39 is 17.7 Å². The molecule has 0 spiro atoms. The van der Waals surface area contributed by atoms with Crippen molar-refractivity contribution in [2.75, 3.05) is 7.11 Å². The molecule has 0 aliphatic carbocycles. The van der Waals surface area contributed by atoms with Gasteiger partial charge in [-0.05, 0) is 29.8 Å². The highest BCUT2D eigenvalue weighted by Crippen LogP contribution is 2.29. The zero-order valence-electron chi connectivity index (χ0n) is 13.3. The number of hydrogen-bond acceptors (Lipinski definition) is 4. The minimum absolute atomic E-state index is 0.0586. The summed E-state index contributed by atoms with van der Waals surface area (Å²) in [4.78, 5) is 3.85. The van der Waals surface area contributed by atoms with Crippen molar-refractivity contribution < 1.29 is 18.6 Å². The highest BCUT2D eigenvalue weighted by molar-refractivity contribution is 5.73. The molecule has 128 valence electrons. The summed E-state index contributed by atoms with van der Waals surface area (Å²) < 4.78 is 33.6. The van der Waals surface area contributed by atoms with E-state index in [0.29, 0.717) is 5.75 Å². The number of aliphatic hydroxyl groups is 1. The lowest BCUT2D eigenvalue weighted by Crippen LogP contribution is -2.10. The van der Waals surface area contributed by atoms with Gasteiger partial charge in [0, 0.05) is 11.6 Å². The lowest BCUT2D eigenvalue weighted by atomic mass is 10.0. The molecule has 1 atom stereocenters. The number of methoxy groups -OCH3 is 1. The van der Waals surface area contributed by atoms with Crippen LogP contribution in [0.15, 0.2) is 55.1 Å². The van der Waals surface area contributed by atoms with Crippen LogP contribution in [0.25, 0.3) is 11.8 Å². The first-order valence-corrected chi connectivity index (χ1v) is 7.42. The fourth-order valence-electron chi connectivity index (χ4n) is 2.37. The van der Waals surface area contributed by atoms with Crippen LogP contribution < -0.4 is 4.74 Å². The maximum atomic E-state index is 14.1. The average molecular weight is 343 g/mol. The van der Waals surface area contributed by atoms with Crippen LogP contribution >= 0.6 is 0 Å². The third kappa shape index (κ3) is 3.72. The quantitative estimate of drug-likeness (QED) is 0.772. The van der Waals surface area contributed by atoms with E-state index in [1.54, 1.807) is 37.5 Å². The Morgan fingerprint density at radius 3 is 2.56 bits per heavy atom.